The fourth-order valence-electron chi connectivity index (χ4n) is 1.51. The number of aliphatic carboxylic acids is 1. The van der Waals surface area contributed by atoms with E-state index in [2.05, 4.69) is 10.6 Å². The third-order valence-electron chi connectivity index (χ3n) is 3.01. The number of carbonyl (C=O) groups excluding carboxylic acids is 3. The normalized spacial score (nSPS) is 14.2. The SMILES string of the molecule is CC(C)(CC(=O)NC(=O)NCCC(=O)NC1CC1)C(=O)O. The fraction of sp³-hybridized carbons (Fsp3) is 0.692. The Morgan fingerprint density at radius 1 is 1.14 bits per heavy atom. The molecule has 0 radical (unpaired) electrons. The number of rotatable bonds is 7. The van der Waals surface area contributed by atoms with Crippen LogP contribution in [0.2, 0.25) is 0 Å². The number of imide groups is 1. The van der Waals surface area contributed by atoms with E-state index in [1.54, 1.807) is 0 Å². The van der Waals surface area contributed by atoms with Crippen molar-refractivity contribution in [3.8, 4) is 0 Å². The summed E-state index contributed by atoms with van der Waals surface area (Å²) in [4.78, 5) is 45.1. The zero-order valence-corrected chi connectivity index (χ0v) is 12.2. The second kappa shape index (κ2) is 7.05. The first kappa shape index (κ1) is 16.9. The summed E-state index contributed by atoms with van der Waals surface area (Å²) in [6.45, 7) is 2.91. The Morgan fingerprint density at radius 3 is 2.29 bits per heavy atom. The topological polar surface area (TPSA) is 125 Å². The van der Waals surface area contributed by atoms with Crippen molar-refractivity contribution in [2.75, 3.05) is 6.54 Å². The second-order valence-electron chi connectivity index (χ2n) is 5.76. The zero-order chi connectivity index (χ0) is 16.0. The third kappa shape index (κ3) is 6.73. The Hall–Kier alpha value is -2.12. The van der Waals surface area contributed by atoms with Gasteiger partial charge in [0.1, 0.15) is 0 Å². The first-order valence-electron chi connectivity index (χ1n) is 6.81. The molecule has 0 atom stereocenters. The van der Waals surface area contributed by atoms with E-state index in [0.717, 1.165) is 12.8 Å². The number of hydrogen-bond acceptors (Lipinski definition) is 4. The van der Waals surface area contributed by atoms with E-state index in [9.17, 15) is 19.2 Å². The summed E-state index contributed by atoms with van der Waals surface area (Å²) in [6.07, 6.45) is 1.82. The van der Waals surface area contributed by atoms with Gasteiger partial charge in [-0.2, -0.15) is 0 Å². The Balaban J connectivity index is 2.18. The number of carbonyl (C=O) groups is 4. The Labute approximate surface area is 122 Å². The summed E-state index contributed by atoms with van der Waals surface area (Å²) in [5, 5.41) is 16.1. The summed E-state index contributed by atoms with van der Waals surface area (Å²) in [5.41, 5.74) is -1.24. The summed E-state index contributed by atoms with van der Waals surface area (Å²) in [6, 6.07) is -0.466. The van der Waals surface area contributed by atoms with E-state index in [-0.39, 0.29) is 31.3 Å². The van der Waals surface area contributed by atoms with Crippen LogP contribution in [0.3, 0.4) is 0 Å². The lowest BCUT2D eigenvalue weighted by Gasteiger charge is -2.17. The molecule has 0 spiro atoms. The van der Waals surface area contributed by atoms with E-state index in [0.29, 0.717) is 0 Å². The number of carboxylic acids is 1. The van der Waals surface area contributed by atoms with Gasteiger partial charge >= 0.3 is 12.0 Å². The van der Waals surface area contributed by atoms with Crippen molar-refractivity contribution in [1.82, 2.24) is 16.0 Å². The largest absolute Gasteiger partial charge is 0.481 e. The minimum atomic E-state index is -1.24. The van der Waals surface area contributed by atoms with Crippen molar-refractivity contribution in [2.45, 2.75) is 45.6 Å². The van der Waals surface area contributed by atoms with E-state index in [1.807, 2.05) is 5.32 Å². The van der Waals surface area contributed by atoms with Crippen molar-refractivity contribution in [1.29, 1.82) is 0 Å². The van der Waals surface area contributed by atoms with Gasteiger partial charge in [-0.05, 0) is 26.7 Å². The monoisotopic (exact) mass is 299 g/mol. The van der Waals surface area contributed by atoms with E-state index >= 15 is 0 Å². The van der Waals surface area contributed by atoms with Gasteiger partial charge in [0.25, 0.3) is 0 Å². The molecule has 1 aliphatic rings. The lowest BCUT2D eigenvalue weighted by Crippen LogP contribution is -2.43. The maximum atomic E-state index is 11.5. The first-order valence-corrected chi connectivity index (χ1v) is 6.81. The van der Waals surface area contributed by atoms with Crippen LogP contribution >= 0.6 is 0 Å². The molecule has 1 rings (SSSR count). The van der Waals surface area contributed by atoms with Gasteiger partial charge in [0, 0.05) is 25.4 Å². The Morgan fingerprint density at radius 2 is 1.76 bits per heavy atom. The van der Waals surface area contributed by atoms with Crippen molar-refractivity contribution in [2.24, 2.45) is 5.41 Å². The summed E-state index contributed by atoms with van der Waals surface area (Å²) in [5.74, 6) is -1.94. The molecule has 118 valence electrons. The molecule has 0 aromatic carbocycles. The molecular formula is C13H21N3O5. The average molecular weight is 299 g/mol. The molecule has 0 bridgehead atoms. The quantitative estimate of drug-likeness (QED) is 0.526. The van der Waals surface area contributed by atoms with Gasteiger partial charge in [-0.25, -0.2) is 4.79 Å². The molecule has 1 saturated carbocycles. The number of carboxylic acid groups (broad SMARTS) is 1. The number of nitrogens with one attached hydrogen (secondary N) is 3. The molecule has 0 unspecified atom stereocenters. The highest BCUT2D eigenvalue weighted by Gasteiger charge is 2.30. The zero-order valence-electron chi connectivity index (χ0n) is 12.2. The van der Waals surface area contributed by atoms with Crippen LogP contribution < -0.4 is 16.0 Å². The molecule has 1 fully saturated rings. The molecule has 1 aliphatic carbocycles. The number of hydrogen-bond donors (Lipinski definition) is 4. The van der Waals surface area contributed by atoms with Crippen LogP contribution in [-0.4, -0.2) is 41.5 Å². The molecule has 0 saturated heterocycles. The molecule has 0 heterocycles. The lowest BCUT2D eigenvalue weighted by molar-refractivity contribution is -0.149. The van der Waals surface area contributed by atoms with Gasteiger partial charge in [0.2, 0.25) is 11.8 Å². The van der Waals surface area contributed by atoms with E-state index < -0.39 is 23.3 Å². The minimum Gasteiger partial charge on any atom is -0.481 e. The highest BCUT2D eigenvalue weighted by atomic mass is 16.4. The van der Waals surface area contributed by atoms with Crippen LogP contribution in [0.15, 0.2) is 0 Å². The van der Waals surface area contributed by atoms with Gasteiger partial charge in [-0.3, -0.25) is 19.7 Å². The van der Waals surface area contributed by atoms with Crippen LogP contribution in [0.25, 0.3) is 0 Å². The lowest BCUT2D eigenvalue weighted by atomic mass is 9.89. The maximum Gasteiger partial charge on any atom is 0.321 e. The maximum absolute atomic E-state index is 11.5. The van der Waals surface area contributed by atoms with E-state index in [4.69, 9.17) is 5.11 Å². The average Bonchev–Trinajstić information content (AvgIpc) is 3.11. The van der Waals surface area contributed by atoms with Crippen LogP contribution in [0, 0.1) is 5.41 Å². The van der Waals surface area contributed by atoms with Crippen LogP contribution in [0.4, 0.5) is 4.79 Å². The molecule has 0 aromatic heterocycles. The molecule has 0 aromatic rings. The first-order chi connectivity index (χ1) is 9.70. The van der Waals surface area contributed by atoms with Crippen molar-refractivity contribution >= 4 is 23.8 Å². The minimum absolute atomic E-state index is 0.111. The molecule has 4 amide bonds. The van der Waals surface area contributed by atoms with Crippen LogP contribution in [0.5, 0.6) is 0 Å². The molecule has 4 N–H and O–H groups in total. The predicted octanol–water partition coefficient (Wildman–Crippen LogP) is -0.0182. The number of amides is 4. The highest BCUT2D eigenvalue weighted by Crippen LogP contribution is 2.20. The van der Waals surface area contributed by atoms with Gasteiger partial charge < -0.3 is 15.7 Å². The van der Waals surface area contributed by atoms with Gasteiger partial charge in [0.15, 0.2) is 0 Å². The Bertz CT molecular complexity index is 443. The second-order valence-corrected chi connectivity index (χ2v) is 5.76. The summed E-state index contributed by atoms with van der Waals surface area (Å²) < 4.78 is 0. The summed E-state index contributed by atoms with van der Waals surface area (Å²) >= 11 is 0. The van der Waals surface area contributed by atoms with Crippen LogP contribution in [-0.2, 0) is 14.4 Å². The Kier molecular flexibility index (Phi) is 5.69. The van der Waals surface area contributed by atoms with E-state index in [1.165, 1.54) is 13.8 Å². The van der Waals surface area contributed by atoms with Gasteiger partial charge in [0.05, 0.1) is 5.41 Å². The van der Waals surface area contributed by atoms with Crippen molar-refractivity contribution in [3.05, 3.63) is 0 Å². The third-order valence-corrected chi connectivity index (χ3v) is 3.01. The van der Waals surface area contributed by atoms with Crippen LogP contribution in [0.1, 0.15) is 39.5 Å². The molecule has 0 aliphatic heterocycles. The van der Waals surface area contributed by atoms with Gasteiger partial charge in [-0.1, -0.05) is 0 Å². The fourth-order valence-corrected chi connectivity index (χ4v) is 1.51. The smallest absolute Gasteiger partial charge is 0.321 e. The molecule has 8 nitrogen and oxygen atoms in total. The highest BCUT2D eigenvalue weighted by molar-refractivity contribution is 5.96. The number of urea groups is 1. The summed E-state index contributed by atoms with van der Waals surface area (Å²) in [7, 11) is 0. The van der Waals surface area contributed by atoms with Crippen molar-refractivity contribution in [3.63, 3.8) is 0 Å². The standard InChI is InChI=1S/C13H21N3O5/c1-13(2,11(19)20)7-10(18)16-12(21)14-6-5-9(17)15-8-3-4-8/h8H,3-7H2,1-2H3,(H,15,17)(H,19,20)(H2,14,16,18,21). The molecule has 21 heavy (non-hydrogen) atoms. The predicted molar refractivity (Wildman–Crippen MR) is 73.4 cm³/mol. The molecule has 8 heteroatoms. The van der Waals surface area contributed by atoms with Gasteiger partial charge in [-0.15, -0.1) is 0 Å². The van der Waals surface area contributed by atoms with Crippen molar-refractivity contribution < 1.29 is 24.3 Å². The molecular weight excluding hydrogens is 278 g/mol.